The number of imide groups is 2. The van der Waals surface area contributed by atoms with E-state index in [9.17, 15) is 14.4 Å². The summed E-state index contributed by atoms with van der Waals surface area (Å²) < 4.78 is 10.8. The molecule has 0 N–H and O–H groups in total. The fraction of sp³-hybridized carbons (Fsp3) is 0.550. The van der Waals surface area contributed by atoms with E-state index in [2.05, 4.69) is 4.90 Å². The van der Waals surface area contributed by atoms with Gasteiger partial charge in [-0.1, -0.05) is 19.4 Å². The molecule has 4 amide bonds. The summed E-state index contributed by atoms with van der Waals surface area (Å²) >= 11 is 0. The molecule has 2 saturated heterocycles. The zero-order valence-electron chi connectivity index (χ0n) is 16.6. The van der Waals surface area contributed by atoms with E-state index in [1.165, 1.54) is 0 Å². The fourth-order valence-corrected chi connectivity index (χ4v) is 3.81. The average molecular weight is 389 g/mol. The van der Waals surface area contributed by atoms with Crippen molar-refractivity contribution in [1.29, 1.82) is 0 Å². The van der Waals surface area contributed by atoms with E-state index in [0.29, 0.717) is 17.9 Å². The maximum Gasteiger partial charge on any atom is 0.335 e. The number of amides is 4. The number of ether oxygens (including phenoxy) is 2. The summed E-state index contributed by atoms with van der Waals surface area (Å²) in [4.78, 5) is 41.3. The zero-order valence-corrected chi connectivity index (χ0v) is 16.6. The lowest BCUT2D eigenvalue weighted by Crippen LogP contribution is -2.42. The van der Waals surface area contributed by atoms with Gasteiger partial charge >= 0.3 is 17.8 Å². The van der Waals surface area contributed by atoms with Gasteiger partial charge in [-0.15, -0.1) is 0 Å². The molecule has 1 unspecified atom stereocenters. The van der Waals surface area contributed by atoms with E-state index >= 15 is 0 Å². The molecule has 0 bridgehead atoms. The van der Waals surface area contributed by atoms with Gasteiger partial charge in [0.15, 0.2) is 0 Å². The van der Waals surface area contributed by atoms with Crippen molar-refractivity contribution in [2.75, 3.05) is 34.0 Å². The van der Waals surface area contributed by atoms with Gasteiger partial charge in [-0.2, -0.15) is 0 Å². The molecular weight excluding hydrogens is 362 g/mol. The number of nitrogens with zero attached hydrogens (tertiary/aromatic N) is 3. The molecule has 2 aliphatic rings. The zero-order chi connectivity index (χ0) is 20.3. The summed E-state index contributed by atoms with van der Waals surface area (Å²) in [5, 5.41) is 0. The lowest BCUT2D eigenvalue weighted by molar-refractivity contribution is -0.144. The Kier molecular flexibility index (Phi) is 6.18. The molecule has 0 spiro atoms. The van der Waals surface area contributed by atoms with Crippen LogP contribution in [-0.4, -0.2) is 66.5 Å². The van der Waals surface area contributed by atoms with Crippen molar-refractivity contribution >= 4 is 17.8 Å². The third-order valence-corrected chi connectivity index (χ3v) is 5.36. The summed E-state index contributed by atoms with van der Waals surface area (Å²) in [6, 6.07) is 5.13. The molecule has 8 nitrogen and oxygen atoms in total. The first-order valence-corrected chi connectivity index (χ1v) is 9.65. The molecule has 0 radical (unpaired) electrons. The third kappa shape index (κ3) is 3.69. The fourth-order valence-electron chi connectivity index (χ4n) is 3.81. The molecule has 0 saturated carbocycles. The number of hydrogen-bond donors (Lipinski definition) is 0. The van der Waals surface area contributed by atoms with Gasteiger partial charge in [-0.05, 0) is 25.3 Å². The SMILES string of the molecule is CCCCN1C(=O)C(=O)N(CN2CCCC2c2ccc(OC)cc2OC)C1=O. The van der Waals surface area contributed by atoms with E-state index in [1.807, 2.05) is 25.1 Å². The van der Waals surface area contributed by atoms with Crippen LogP contribution in [0.15, 0.2) is 18.2 Å². The Morgan fingerprint density at radius 2 is 1.82 bits per heavy atom. The van der Waals surface area contributed by atoms with Crippen LogP contribution in [0.5, 0.6) is 11.5 Å². The Morgan fingerprint density at radius 3 is 2.50 bits per heavy atom. The summed E-state index contributed by atoms with van der Waals surface area (Å²) in [5.41, 5.74) is 0.981. The predicted molar refractivity (Wildman–Crippen MR) is 102 cm³/mol. The van der Waals surface area contributed by atoms with Crippen molar-refractivity contribution in [3.8, 4) is 11.5 Å². The van der Waals surface area contributed by atoms with Crippen LogP contribution in [0.2, 0.25) is 0 Å². The van der Waals surface area contributed by atoms with Crippen LogP contribution in [0.25, 0.3) is 0 Å². The molecule has 2 aliphatic heterocycles. The van der Waals surface area contributed by atoms with Crippen LogP contribution in [-0.2, 0) is 9.59 Å². The van der Waals surface area contributed by atoms with Gasteiger partial charge in [0.05, 0.1) is 20.9 Å². The molecule has 2 heterocycles. The second-order valence-electron chi connectivity index (χ2n) is 7.05. The molecule has 1 aromatic rings. The van der Waals surface area contributed by atoms with Crippen molar-refractivity contribution in [3.63, 3.8) is 0 Å². The number of carbonyl (C=O) groups is 3. The Hall–Kier alpha value is -2.61. The molecule has 3 rings (SSSR count). The van der Waals surface area contributed by atoms with Crippen LogP contribution in [0.3, 0.4) is 0 Å². The van der Waals surface area contributed by atoms with E-state index in [4.69, 9.17) is 9.47 Å². The normalized spacial score (nSPS) is 20.4. The second-order valence-corrected chi connectivity index (χ2v) is 7.05. The van der Waals surface area contributed by atoms with Crippen LogP contribution < -0.4 is 9.47 Å². The highest BCUT2D eigenvalue weighted by molar-refractivity contribution is 6.44. The minimum absolute atomic E-state index is 0.00116. The first-order chi connectivity index (χ1) is 13.5. The lowest BCUT2D eigenvalue weighted by atomic mass is 10.0. The van der Waals surface area contributed by atoms with E-state index in [1.54, 1.807) is 14.2 Å². The number of urea groups is 1. The summed E-state index contributed by atoms with van der Waals surface area (Å²) in [6.07, 6.45) is 3.35. The van der Waals surface area contributed by atoms with E-state index in [-0.39, 0.29) is 19.3 Å². The minimum atomic E-state index is -0.742. The summed E-state index contributed by atoms with van der Waals surface area (Å²) in [5.74, 6) is -0.0622. The van der Waals surface area contributed by atoms with Crippen molar-refractivity contribution in [3.05, 3.63) is 23.8 Å². The maximum atomic E-state index is 12.6. The highest BCUT2D eigenvalue weighted by atomic mass is 16.5. The predicted octanol–water partition coefficient (Wildman–Crippen LogP) is 2.39. The van der Waals surface area contributed by atoms with Crippen LogP contribution >= 0.6 is 0 Å². The molecular formula is C20H27N3O5. The Morgan fingerprint density at radius 1 is 1.07 bits per heavy atom. The smallest absolute Gasteiger partial charge is 0.335 e. The summed E-state index contributed by atoms with van der Waals surface area (Å²) in [7, 11) is 3.21. The molecule has 0 aliphatic carbocycles. The minimum Gasteiger partial charge on any atom is -0.497 e. The van der Waals surface area contributed by atoms with Crippen molar-refractivity contribution < 1.29 is 23.9 Å². The lowest BCUT2D eigenvalue weighted by Gasteiger charge is -2.29. The topological polar surface area (TPSA) is 79.4 Å². The molecule has 28 heavy (non-hydrogen) atoms. The number of rotatable bonds is 8. The van der Waals surface area contributed by atoms with Gasteiger partial charge in [0, 0.05) is 30.8 Å². The Balaban J connectivity index is 1.78. The van der Waals surface area contributed by atoms with Crippen LogP contribution in [0.4, 0.5) is 4.79 Å². The first kappa shape index (κ1) is 20.1. The standard InChI is InChI=1S/C20H27N3O5/c1-4-5-11-22-18(24)19(25)23(20(22)26)13-21-10-6-7-16(21)15-9-8-14(27-2)12-17(15)28-3/h8-9,12,16H,4-7,10-11,13H2,1-3H3. The van der Waals surface area contributed by atoms with Gasteiger partial charge in [0.25, 0.3) is 0 Å². The van der Waals surface area contributed by atoms with Crippen molar-refractivity contribution in [2.45, 2.75) is 38.6 Å². The molecule has 2 fully saturated rings. The van der Waals surface area contributed by atoms with Gasteiger partial charge in [0.1, 0.15) is 11.5 Å². The van der Waals surface area contributed by atoms with Crippen LogP contribution in [0, 0.1) is 0 Å². The van der Waals surface area contributed by atoms with E-state index < -0.39 is 17.8 Å². The van der Waals surface area contributed by atoms with Gasteiger partial charge in [-0.25, -0.2) is 9.69 Å². The highest BCUT2D eigenvalue weighted by Gasteiger charge is 2.45. The van der Waals surface area contributed by atoms with Crippen LogP contribution in [0.1, 0.15) is 44.2 Å². The number of hydrogen-bond acceptors (Lipinski definition) is 6. The number of unbranched alkanes of at least 4 members (excludes halogenated alkanes) is 1. The monoisotopic (exact) mass is 389 g/mol. The Bertz CT molecular complexity index is 766. The molecule has 1 aromatic carbocycles. The molecule has 152 valence electrons. The summed E-state index contributed by atoms with van der Waals surface area (Å²) in [6.45, 7) is 3.10. The number of likely N-dealkylation sites (tertiary alicyclic amines) is 1. The average Bonchev–Trinajstić information content (AvgIpc) is 3.25. The quantitative estimate of drug-likeness (QED) is 0.502. The Labute approximate surface area is 165 Å². The van der Waals surface area contributed by atoms with Gasteiger partial charge < -0.3 is 9.47 Å². The molecule has 8 heteroatoms. The van der Waals surface area contributed by atoms with Gasteiger partial charge in [0.2, 0.25) is 0 Å². The molecule has 0 aromatic heterocycles. The number of methoxy groups -OCH3 is 2. The molecule has 1 atom stereocenters. The second kappa shape index (κ2) is 8.60. The van der Waals surface area contributed by atoms with E-state index in [0.717, 1.165) is 41.2 Å². The first-order valence-electron chi connectivity index (χ1n) is 9.65. The van der Waals surface area contributed by atoms with Crippen molar-refractivity contribution in [1.82, 2.24) is 14.7 Å². The third-order valence-electron chi connectivity index (χ3n) is 5.36. The number of carbonyl (C=O) groups excluding carboxylic acids is 3. The van der Waals surface area contributed by atoms with Crippen molar-refractivity contribution in [2.24, 2.45) is 0 Å². The number of benzene rings is 1. The maximum absolute atomic E-state index is 12.6. The largest absolute Gasteiger partial charge is 0.497 e. The highest BCUT2D eigenvalue weighted by Crippen LogP contribution is 2.39. The van der Waals surface area contributed by atoms with Gasteiger partial charge in [-0.3, -0.25) is 19.4 Å².